The van der Waals surface area contributed by atoms with Gasteiger partial charge in [0.05, 0.1) is 6.54 Å². The van der Waals surface area contributed by atoms with Gasteiger partial charge in [-0.2, -0.15) is 0 Å². The van der Waals surface area contributed by atoms with Gasteiger partial charge in [0, 0.05) is 57.1 Å². The van der Waals surface area contributed by atoms with E-state index in [2.05, 4.69) is 46.3 Å². The van der Waals surface area contributed by atoms with E-state index in [1.54, 1.807) is 7.05 Å². The maximum absolute atomic E-state index is 13.0. The lowest BCUT2D eigenvalue weighted by Gasteiger charge is -2.37. The molecule has 0 bridgehead atoms. The Balaban J connectivity index is 1.32. The van der Waals surface area contributed by atoms with Gasteiger partial charge < -0.3 is 15.1 Å². The van der Waals surface area contributed by atoms with Crippen LogP contribution in [0.3, 0.4) is 0 Å². The number of carbonyl (C=O) groups excluding carboxylic acids is 2. The van der Waals surface area contributed by atoms with Crippen LogP contribution in [0.1, 0.15) is 34.3 Å². The van der Waals surface area contributed by atoms with Crippen LogP contribution in [-0.4, -0.2) is 67.4 Å². The SMILES string of the molecule is CNC(=O)c1ccc(CN(CC(=O)N2CCN(c3cccc(C)c3)CC2)C2CC2)cc1. The van der Waals surface area contributed by atoms with Crippen molar-refractivity contribution in [3.05, 3.63) is 65.2 Å². The molecule has 0 unspecified atom stereocenters. The maximum atomic E-state index is 13.0. The van der Waals surface area contributed by atoms with Crippen molar-refractivity contribution in [3.8, 4) is 0 Å². The van der Waals surface area contributed by atoms with E-state index in [1.807, 2.05) is 29.2 Å². The molecule has 6 nitrogen and oxygen atoms in total. The Kier molecular flexibility index (Phi) is 6.56. The van der Waals surface area contributed by atoms with Crippen LogP contribution in [0.2, 0.25) is 0 Å². The molecule has 164 valence electrons. The Morgan fingerprint density at radius 2 is 1.74 bits per heavy atom. The second-order valence-electron chi connectivity index (χ2n) is 8.62. The fraction of sp³-hybridized carbons (Fsp3) is 0.440. The van der Waals surface area contributed by atoms with Crippen LogP contribution in [0.25, 0.3) is 0 Å². The summed E-state index contributed by atoms with van der Waals surface area (Å²) >= 11 is 0. The monoisotopic (exact) mass is 420 g/mol. The summed E-state index contributed by atoms with van der Waals surface area (Å²) in [5.74, 6) is 0.142. The van der Waals surface area contributed by atoms with Crippen molar-refractivity contribution in [1.29, 1.82) is 0 Å². The summed E-state index contributed by atoms with van der Waals surface area (Å²) in [6.45, 7) is 6.61. The molecule has 0 radical (unpaired) electrons. The second-order valence-corrected chi connectivity index (χ2v) is 8.62. The first-order valence-corrected chi connectivity index (χ1v) is 11.2. The number of carbonyl (C=O) groups is 2. The van der Waals surface area contributed by atoms with Crippen LogP contribution >= 0.6 is 0 Å². The number of hydrogen-bond donors (Lipinski definition) is 1. The van der Waals surface area contributed by atoms with Crippen molar-refractivity contribution in [3.63, 3.8) is 0 Å². The molecule has 1 saturated heterocycles. The average molecular weight is 421 g/mol. The number of nitrogens with one attached hydrogen (secondary N) is 1. The normalized spacial score (nSPS) is 16.5. The molecule has 2 aliphatic rings. The van der Waals surface area contributed by atoms with E-state index in [9.17, 15) is 9.59 Å². The zero-order valence-corrected chi connectivity index (χ0v) is 18.5. The molecule has 2 aromatic carbocycles. The van der Waals surface area contributed by atoms with E-state index in [-0.39, 0.29) is 11.8 Å². The lowest BCUT2D eigenvalue weighted by molar-refractivity contribution is -0.133. The van der Waals surface area contributed by atoms with Crippen molar-refractivity contribution >= 4 is 17.5 Å². The van der Waals surface area contributed by atoms with Crippen molar-refractivity contribution in [1.82, 2.24) is 15.1 Å². The molecule has 0 atom stereocenters. The zero-order chi connectivity index (χ0) is 21.8. The summed E-state index contributed by atoms with van der Waals surface area (Å²) in [6.07, 6.45) is 2.31. The highest BCUT2D eigenvalue weighted by Gasteiger charge is 2.32. The zero-order valence-electron chi connectivity index (χ0n) is 18.5. The van der Waals surface area contributed by atoms with Gasteiger partial charge in [-0.1, -0.05) is 24.3 Å². The molecule has 1 saturated carbocycles. The summed E-state index contributed by atoms with van der Waals surface area (Å²) in [5, 5.41) is 2.65. The molecule has 0 aromatic heterocycles. The largest absolute Gasteiger partial charge is 0.368 e. The first kappa shape index (κ1) is 21.4. The van der Waals surface area contributed by atoms with Gasteiger partial charge in [-0.25, -0.2) is 0 Å². The Morgan fingerprint density at radius 1 is 1.03 bits per heavy atom. The average Bonchev–Trinajstić information content (AvgIpc) is 3.64. The summed E-state index contributed by atoms with van der Waals surface area (Å²) in [6, 6.07) is 16.7. The Hall–Kier alpha value is -2.86. The molecule has 1 N–H and O–H groups in total. The van der Waals surface area contributed by atoms with Crippen molar-refractivity contribution in [2.24, 2.45) is 0 Å². The number of benzene rings is 2. The molecule has 1 aliphatic heterocycles. The lowest BCUT2D eigenvalue weighted by atomic mass is 10.1. The summed E-state index contributed by atoms with van der Waals surface area (Å²) in [5.41, 5.74) is 4.30. The minimum atomic E-state index is -0.0782. The highest BCUT2D eigenvalue weighted by Crippen LogP contribution is 2.28. The van der Waals surface area contributed by atoms with Crippen molar-refractivity contribution < 1.29 is 9.59 Å². The van der Waals surface area contributed by atoms with Crippen molar-refractivity contribution in [2.45, 2.75) is 32.4 Å². The van der Waals surface area contributed by atoms with Gasteiger partial charge in [0.15, 0.2) is 0 Å². The number of rotatable bonds is 7. The molecule has 1 aliphatic carbocycles. The van der Waals surface area contributed by atoms with Gasteiger partial charge in [0.2, 0.25) is 5.91 Å². The van der Waals surface area contributed by atoms with Crippen LogP contribution in [0.5, 0.6) is 0 Å². The second kappa shape index (κ2) is 9.52. The molecule has 4 rings (SSSR count). The molecule has 6 heteroatoms. The first-order valence-electron chi connectivity index (χ1n) is 11.2. The van der Waals surface area contributed by atoms with E-state index in [0.717, 1.165) is 51.1 Å². The van der Waals surface area contributed by atoms with Gasteiger partial charge in [-0.05, 0) is 55.2 Å². The molecule has 0 spiro atoms. The molecule has 2 fully saturated rings. The summed E-state index contributed by atoms with van der Waals surface area (Å²) in [4.78, 5) is 31.4. The van der Waals surface area contributed by atoms with E-state index < -0.39 is 0 Å². The number of hydrogen-bond acceptors (Lipinski definition) is 4. The molecular formula is C25H32N4O2. The van der Waals surface area contributed by atoms with Crippen molar-refractivity contribution in [2.75, 3.05) is 44.7 Å². The van der Waals surface area contributed by atoms with E-state index in [4.69, 9.17) is 0 Å². The van der Waals surface area contributed by atoms with Gasteiger partial charge in [0.1, 0.15) is 0 Å². The predicted molar refractivity (Wildman–Crippen MR) is 123 cm³/mol. The fourth-order valence-corrected chi connectivity index (χ4v) is 4.21. The number of nitrogens with zero attached hydrogens (tertiary/aromatic N) is 3. The third-order valence-corrected chi connectivity index (χ3v) is 6.23. The molecule has 2 aromatic rings. The molecule has 31 heavy (non-hydrogen) atoms. The highest BCUT2D eigenvalue weighted by molar-refractivity contribution is 5.93. The minimum Gasteiger partial charge on any atom is -0.368 e. The summed E-state index contributed by atoms with van der Waals surface area (Å²) < 4.78 is 0. The topological polar surface area (TPSA) is 55.9 Å². The number of aryl methyl sites for hydroxylation is 1. The van der Waals surface area contributed by atoms with E-state index in [1.165, 1.54) is 11.3 Å². The molecular weight excluding hydrogens is 388 g/mol. The van der Waals surface area contributed by atoms with E-state index in [0.29, 0.717) is 18.2 Å². The fourth-order valence-electron chi connectivity index (χ4n) is 4.21. The first-order chi connectivity index (χ1) is 15.0. The number of piperazine rings is 1. The van der Waals surface area contributed by atoms with Crippen LogP contribution in [0, 0.1) is 6.92 Å². The van der Waals surface area contributed by atoms with Crippen LogP contribution < -0.4 is 10.2 Å². The number of anilines is 1. The maximum Gasteiger partial charge on any atom is 0.251 e. The van der Waals surface area contributed by atoms with Crippen LogP contribution in [0.4, 0.5) is 5.69 Å². The van der Waals surface area contributed by atoms with E-state index >= 15 is 0 Å². The summed E-state index contributed by atoms with van der Waals surface area (Å²) in [7, 11) is 1.64. The molecule has 2 amide bonds. The Bertz CT molecular complexity index is 915. The highest BCUT2D eigenvalue weighted by atomic mass is 16.2. The Labute approximate surface area is 184 Å². The quantitative estimate of drug-likeness (QED) is 0.748. The smallest absolute Gasteiger partial charge is 0.251 e. The lowest BCUT2D eigenvalue weighted by Crippen LogP contribution is -2.51. The third-order valence-electron chi connectivity index (χ3n) is 6.23. The predicted octanol–water partition coefficient (Wildman–Crippen LogP) is 2.67. The minimum absolute atomic E-state index is 0.0782. The molecule has 1 heterocycles. The third kappa shape index (κ3) is 5.44. The van der Waals surface area contributed by atoms with Gasteiger partial charge >= 0.3 is 0 Å². The standard InChI is InChI=1S/C25H32N4O2/c1-19-4-3-5-23(16-19)27-12-14-28(15-13-27)24(30)18-29(22-10-11-22)17-20-6-8-21(9-7-20)25(31)26-2/h3-9,16,22H,10-15,17-18H2,1-2H3,(H,26,31). The van der Waals surface area contributed by atoms with Gasteiger partial charge in [-0.3, -0.25) is 14.5 Å². The Morgan fingerprint density at radius 3 is 2.35 bits per heavy atom. The number of amides is 2. The van der Waals surface area contributed by atoms with Gasteiger partial charge in [-0.15, -0.1) is 0 Å². The van der Waals surface area contributed by atoms with Crippen LogP contribution in [-0.2, 0) is 11.3 Å². The van der Waals surface area contributed by atoms with Gasteiger partial charge in [0.25, 0.3) is 5.91 Å². The van der Waals surface area contributed by atoms with Crippen LogP contribution in [0.15, 0.2) is 48.5 Å².